The molecule has 4 aromatic rings. The Morgan fingerprint density at radius 3 is 2.63 bits per heavy atom. The first-order chi connectivity index (χ1) is 13.1. The Morgan fingerprint density at radius 1 is 1.11 bits per heavy atom. The lowest BCUT2D eigenvalue weighted by Gasteiger charge is -2.09. The van der Waals surface area contributed by atoms with Crippen molar-refractivity contribution < 1.29 is 13.7 Å². The number of aryl methyl sites for hydroxylation is 1. The van der Waals surface area contributed by atoms with Crippen LogP contribution < -0.4 is 5.32 Å². The van der Waals surface area contributed by atoms with E-state index in [0.717, 1.165) is 5.56 Å². The van der Waals surface area contributed by atoms with Crippen LogP contribution in [0.3, 0.4) is 0 Å². The van der Waals surface area contributed by atoms with E-state index in [1.807, 2.05) is 30.3 Å². The van der Waals surface area contributed by atoms with E-state index >= 15 is 0 Å². The molecule has 1 N–H and O–H groups in total. The van der Waals surface area contributed by atoms with E-state index in [0.29, 0.717) is 34.4 Å². The highest BCUT2D eigenvalue weighted by Gasteiger charge is 2.20. The van der Waals surface area contributed by atoms with Gasteiger partial charge in [0.15, 0.2) is 0 Å². The van der Waals surface area contributed by atoms with Crippen molar-refractivity contribution in [2.45, 2.75) is 13.5 Å². The Balaban J connectivity index is 1.75. The molecule has 2 heterocycles. The molecule has 4 rings (SSSR count). The Bertz CT molecular complexity index is 1120. The van der Waals surface area contributed by atoms with E-state index in [1.54, 1.807) is 31.2 Å². The van der Waals surface area contributed by atoms with Gasteiger partial charge in [0.2, 0.25) is 0 Å². The molecule has 0 spiro atoms. The van der Waals surface area contributed by atoms with Gasteiger partial charge in [-0.1, -0.05) is 47.6 Å². The van der Waals surface area contributed by atoms with E-state index in [-0.39, 0.29) is 11.6 Å². The molecule has 1 amide bonds. The van der Waals surface area contributed by atoms with E-state index in [4.69, 9.17) is 4.52 Å². The number of aromatic nitrogens is 2. The van der Waals surface area contributed by atoms with Crippen LogP contribution in [0.1, 0.15) is 21.6 Å². The highest BCUT2D eigenvalue weighted by Crippen LogP contribution is 2.28. The predicted octanol–water partition coefficient (Wildman–Crippen LogP) is 4.27. The Hall–Kier alpha value is -3.54. The molecular weight excluding hydrogens is 345 g/mol. The van der Waals surface area contributed by atoms with Crippen LogP contribution in [0.2, 0.25) is 0 Å². The molecule has 0 aliphatic carbocycles. The molecule has 0 saturated carbocycles. The van der Waals surface area contributed by atoms with Crippen LogP contribution in [0.15, 0.2) is 65.2 Å². The molecule has 0 aliphatic heterocycles. The average Bonchev–Trinajstić information content (AvgIpc) is 3.07. The molecule has 134 valence electrons. The molecule has 0 atom stereocenters. The lowest BCUT2D eigenvalue weighted by atomic mass is 10.0. The second-order valence-corrected chi connectivity index (χ2v) is 6.15. The quantitative estimate of drug-likeness (QED) is 0.589. The number of pyridine rings is 1. The zero-order valence-corrected chi connectivity index (χ0v) is 14.6. The van der Waals surface area contributed by atoms with Crippen molar-refractivity contribution in [1.29, 1.82) is 0 Å². The van der Waals surface area contributed by atoms with Gasteiger partial charge in [0.1, 0.15) is 5.82 Å². The number of nitrogens with one attached hydrogen (secondary N) is 1. The molecule has 2 aromatic carbocycles. The van der Waals surface area contributed by atoms with Gasteiger partial charge >= 0.3 is 0 Å². The van der Waals surface area contributed by atoms with Gasteiger partial charge in [-0.3, -0.25) is 4.79 Å². The summed E-state index contributed by atoms with van der Waals surface area (Å²) in [4.78, 5) is 17.2. The number of benzene rings is 2. The molecule has 5 nitrogen and oxygen atoms in total. The summed E-state index contributed by atoms with van der Waals surface area (Å²) >= 11 is 0. The summed E-state index contributed by atoms with van der Waals surface area (Å²) < 4.78 is 19.4. The molecular formula is C21H16FN3O2. The zero-order valence-electron chi connectivity index (χ0n) is 14.6. The van der Waals surface area contributed by atoms with Gasteiger partial charge < -0.3 is 9.84 Å². The topological polar surface area (TPSA) is 68.0 Å². The lowest BCUT2D eigenvalue weighted by molar-refractivity contribution is 0.0952. The summed E-state index contributed by atoms with van der Waals surface area (Å²) in [6.45, 7) is 2.12. The van der Waals surface area contributed by atoms with Crippen LogP contribution in [0.25, 0.3) is 22.4 Å². The molecule has 0 bridgehead atoms. The number of halogens is 1. The van der Waals surface area contributed by atoms with Gasteiger partial charge in [-0.25, -0.2) is 9.37 Å². The molecule has 0 fully saturated rings. The zero-order chi connectivity index (χ0) is 18.8. The minimum absolute atomic E-state index is 0.207. The summed E-state index contributed by atoms with van der Waals surface area (Å²) in [5, 5.41) is 7.32. The lowest BCUT2D eigenvalue weighted by Crippen LogP contribution is -2.23. The molecule has 0 unspecified atom stereocenters. The SMILES string of the molecule is Cc1noc2nc(-c3ccccc3F)cc(C(=O)NCc3ccccc3)c12. The summed E-state index contributed by atoms with van der Waals surface area (Å²) in [7, 11) is 0. The van der Waals surface area contributed by atoms with Crippen molar-refractivity contribution in [3.63, 3.8) is 0 Å². The van der Waals surface area contributed by atoms with Crippen molar-refractivity contribution in [3.05, 3.63) is 83.3 Å². The second-order valence-electron chi connectivity index (χ2n) is 6.15. The van der Waals surface area contributed by atoms with Crippen LogP contribution in [0.4, 0.5) is 4.39 Å². The first kappa shape index (κ1) is 16.9. The summed E-state index contributed by atoms with van der Waals surface area (Å²) in [5.41, 5.74) is 2.72. The number of fused-ring (bicyclic) bond motifs is 1. The molecule has 0 saturated heterocycles. The third-order valence-corrected chi connectivity index (χ3v) is 4.31. The van der Waals surface area contributed by atoms with Crippen LogP contribution in [-0.4, -0.2) is 16.0 Å². The second kappa shape index (κ2) is 6.99. The molecule has 2 aromatic heterocycles. The molecule has 27 heavy (non-hydrogen) atoms. The third kappa shape index (κ3) is 3.29. The highest BCUT2D eigenvalue weighted by molar-refractivity contribution is 6.06. The van der Waals surface area contributed by atoms with Crippen LogP contribution in [-0.2, 0) is 6.54 Å². The van der Waals surface area contributed by atoms with E-state index in [9.17, 15) is 9.18 Å². The summed E-state index contributed by atoms with van der Waals surface area (Å²) in [6.07, 6.45) is 0. The van der Waals surface area contributed by atoms with Gasteiger partial charge in [-0.2, -0.15) is 0 Å². The number of carbonyl (C=O) groups excluding carboxylic acids is 1. The fraction of sp³-hybridized carbons (Fsp3) is 0.0952. The first-order valence-corrected chi connectivity index (χ1v) is 8.47. The maximum absolute atomic E-state index is 14.2. The van der Waals surface area contributed by atoms with Gasteiger partial charge in [0.25, 0.3) is 11.6 Å². The Kier molecular flexibility index (Phi) is 4.38. The number of carbonyl (C=O) groups is 1. The Morgan fingerprint density at radius 2 is 1.85 bits per heavy atom. The van der Waals surface area contributed by atoms with E-state index in [2.05, 4.69) is 15.5 Å². The van der Waals surface area contributed by atoms with Gasteiger partial charge in [-0.05, 0) is 30.7 Å². The normalized spacial score (nSPS) is 10.9. The minimum atomic E-state index is -0.420. The van der Waals surface area contributed by atoms with E-state index < -0.39 is 5.82 Å². The largest absolute Gasteiger partial charge is 0.348 e. The molecule has 6 heteroatoms. The van der Waals surface area contributed by atoms with Crippen molar-refractivity contribution >= 4 is 17.0 Å². The smallest absolute Gasteiger partial charge is 0.259 e. The van der Waals surface area contributed by atoms with Crippen LogP contribution >= 0.6 is 0 Å². The maximum atomic E-state index is 14.2. The van der Waals surface area contributed by atoms with Crippen molar-refractivity contribution in [2.24, 2.45) is 0 Å². The van der Waals surface area contributed by atoms with Crippen molar-refractivity contribution in [2.75, 3.05) is 0 Å². The maximum Gasteiger partial charge on any atom is 0.259 e. The Labute approximate surface area is 154 Å². The van der Waals surface area contributed by atoms with Gasteiger partial charge in [-0.15, -0.1) is 0 Å². The predicted molar refractivity (Wildman–Crippen MR) is 99.5 cm³/mol. The first-order valence-electron chi connectivity index (χ1n) is 8.47. The summed E-state index contributed by atoms with van der Waals surface area (Å²) in [6, 6.07) is 17.4. The fourth-order valence-corrected chi connectivity index (χ4v) is 2.95. The third-order valence-electron chi connectivity index (χ3n) is 4.31. The monoisotopic (exact) mass is 361 g/mol. The minimum Gasteiger partial charge on any atom is -0.348 e. The summed E-state index contributed by atoms with van der Waals surface area (Å²) in [5.74, 6) is -0.716. The fourth-order valence-electron chi connectivity index (χ4n) is 2.95. The number of amides is 1. The number of nitrogens with zero attached hydrogens (tertiary/aromatic N) is 2. The highest BCUT2D eigenvalue weighted by atomic mass is 19.1. The average molecular weight is 361 g/mol. The number of hydrogen-bond donors (Lipinski definition) is 1. The number of rotatable bonds is 4. The number of hydrogen-bond acceptors (Lipinski definition) is 4. The van der Waals surface area contributed by atoms with Gasteiger partial charge in [0.05, 0.1) is 22.3 Å². The molecule has 0 radical (unpaired) electrons. The van der Waals surface area contributed by atoms with Gasteiger partial charge in [0, 0.05) is 12.1 Å². The van der Waals surface area contributed by atoms with Crippen molar-refractivity contribution in [1.82, 2.24) is 15.5 Å². The van der Waals surface area contributed by atoms with E-state index in [1.165, 1.54) is 6.07 Å². The standard InChI is InChI=1S/C21H16FN3O2/c1-13-19-16(20(26)23-12-14-7-3-2-4-8-14)11-18(24-21(19)27-25-13)15-9-5-6-10-17(15)22/h2-11H,12H2,1H3,(H,23,26). The molecule has 0 aliphatic rings. The van der Waals surface area contributed by atoms with Crippen LogP contribution in [0, 0.1) is 12.7 Å². The van der Waals surface area contributed by atoms with Crippen LogP contribution in [0.5, 0.6) is 0 Å². The van der Waals surface area contributed by atoms with Crippen molar-refractivity contribution in [3.8, 4) is 11.3 Å².